The summed E-state index contributed by atoms with van der Waals surface area (Å²) in [6.07, 6.45) is 3.51. The van der Waals surface area contributed by atoms with Crippen molar-refractivity contribution in [1.29, 1.82) is 0 Å². The molecule has 0 radical (unpaired) electrons. The third-order valence-corrected chi connectivity index (χ3v) is 2.85. The quantitative estimate of drug-likeness (QED) is 0.686. The average Bonchev–Trinajstić information content (AvgIpc) is 2.17. The average molecular weight is 177 g/mol. The first-order valence-corrected chi connectivity index (χ1v) is 4.83. The monoisotopic (exact) mass is 177 g/mol. The van der Waals surface area contributed by atoms with Crippen LogP contribution in [0.4, 0.5) is 0 Å². The molecule has 1 aromatic carbocycles. The molecule has 1 aromatic rings. The molecular formula is C11H15NO. The van der Waals surface area contributed by atoms with Gasteiger partial charge in [-0.05, 0) is 55.0 Å². The van der Waals surface area contributed by atoms with Gasteiger partial charge in [-0.1, -0.05) is 6.07 Å². The minimum Gasteiger partial charge on any atom is -0.508 e. The molecule has 0 heterocycles. The lowest BCUT2D eigenvalue weighted by molar-refractivity contribution is 0.470. The fourth-order valence-corrected chi connectivity index (χ4v) is 2.13. The van der Waals surface area contributed by atoms with Gasteiger partial charge in [0.25, 0.3) is 0 Å². The molecule has 2 heteroatoms. The van der Waals surface area contributed by atoms with Crippen LogP contribution >= 0.6 is 0 Å². The number of aryl methyl sites for hydroxylation is 1. The van der Waals surface area contributed by atoms with Crippen molar-refractivity contribution in [3.63, 3.8) is 0 Å². The lowest BCUT2D eigenvalue weighted by Gasteiger charge is -2.24. The van der Waals surface area contributed by atoms with Crippen LogP contribution < -0.4 is 5.73 Å². The first kappa shape index (κ1) is 8.57. The molecule has 1 aliphatic carbocycles. The van der Waals surface area contributed by atoms with E-state index in [1.54, 1.807) is 6.07 Å². The van der Waals surface area contributed by atoms with E-state index in [1.165, 1.54) is 17.5 Å². The second-order valence-corrected chi connectivity index (χ2v) is 3.71. The molecule has 1 aliphatic rings. The molecule has 0 spiro atoms. The zero-order valence-corrected chi connectivity index (χ0v) is 7.66. The summed E-state index contributed by atoms with van der Waals surface area (Å²) in [5, 5.41) is 9.36. The molecule has 0 amide bonds. The summed E-state index contributed by atoms with van der Waals surface area (Å²) in [6.45, 7) is 0.691. The molecule has 0 bridgehead atoms. The van der Waals surface area contributed by atoms with Gasteiger partial charge in [-0.3, -0.25) is 0 Å². The van der Waals surface area contributed by atoms with E-state index in [1.807, 2.05) is 12.1 Å². The Bertz CT molecular complexity index is 309. The van der Waals surface area contributed by atoms with Crippen LogP contribution in [0.15, 0.2) is 18.2 Å². The van der Waals surface area contributed by atoms with Gasteiger partial charge in [-0.2, -0.15) is 0 Å². The van der Waals surface area contributed by atoms with Crippen LogP contribution in [-0.2, 0) is 6.42 Å². The van der Waals surface area contributed by atoms with Crippen LogP contribution in [0.1, 0.15) is 29.9 Å². The Morgan fingerprint density at radius 3 is 3.08 bits per heavy atom. The molecule has 13 heavy (non-hydrogen) atoms. The highest BCUT2D eigenvalue weighted by Crippen LogP contribution is 2.32. The third-order valence-electron chi connectivity index (χ3n) is 2.85. The standard InChI is InChI=1S/C11H15NO/c12-7-9-3-1-2-8-4-5-10(13)6-11(8)9/h4-6,9,13H,1-3,7,12H2/t9-/m0/s1. The Morgan fingerprint density at radius 2 is 2.31 bits per heavy atom. The van der Waals surface area contributed by atoms with Crippen LogP contribution in [0.3, 0.4) is 0 Å². The largest absolute Gasteiger partial charge is 0.508 e. The van der Waals surface area contributed by atoms with Gasteiger partial charge in [0.05, 0.1) is 0 Å². The molecule has 0 aliphatic heterocycles. The van der Waals surface area contributed by atoms with E-state index in [9.17, 15) is 5.11 Å². The number of hydrogen-bond acceptors (Lipinski definition) is 2. The fourth-order valence-electron chi connectivity index (χ4n) is 2.13. The fraction of sp³-hybridized carbons (Fsp3) is 0.455. The first-order chi connectivity index (χ1) is 6.31. The highest BCUT2D eigenvalue weighted by atomic mass is 16.3. The molecule has 3 N–H and O–H groups in total. The van der Waals surface area contributed by atoms with Crippen LogP contribution in [0.2, 0.25) is 0 Å². The number of rotatable bonds is 1. The second-order valence-electron chi connectivity index (χ2n) is 3.71. The van der Waals surface area contributed by atoms with Gasteiger partial charge in [-0.25, -0.2) is 0 Å². The zero-order valence-electron chi connectivity index (χ0n) is 7.66. The molecule has 1 atom stereocenters. The summed E-state index contributed by atoms with van der Waals surface area (Å²) in [6, 6.07) is 5.65. The molecule has 2 nitrogen and oxygen atoms in total. The van der Waals surface area contributed by atoms with E-state index in [-0.39, 0.29) is 0 Å². The van der Waals surface area contributed by atoms with Gasteiger partial charge in [0.2, 0.25) is 0 Å². The maximum Gasteiger partial charge on any atom is 0.115 e. The Morgan fingerprint density at radius 1 is 1.46 bits per heavy atom. The van der Waals surface area contributed by atoms with Crippen molar-refractivity contribution < 1.29 is 5.11 Å². The van der Waals surface area contributed by atoms with Gasteiger partial charge < -0.3 is 10.8 Å². The van der Waals surface area contributed by atoms with Gasteiger partial charge in [-0.15, -0.1) is 0 Å². The van der Waals surface area contributed by atoms with E-state index < -0.39 is 0 Å². The van der Waals surface area contributed by atoms with E-state index in [0.717, 1.165) is 12.8 Å². The highest BCUT2D eigenvalue weighted by Gasteiger charge is 2.18. The lowest BCUT2D eigenvalue weighted by atomic mass is 9.83. The molecule has 70 valence electrons. The van der Waals surface area contributed by atoms with Crippen molar-refractivity contribution >= 4 is 0 Å². The Kier molecular flexibility index (Phi) is 2.23. The van der Waals surface area contributed by atoms with Crippen molar-refractivity contribution in [1.82, 2.24) is 0 Å². The molecular weight excluding hydrogens is 162 g/mol. The molecule has 0 fully saturated rings. The highest BCUT2D eigenvalue weighted by molar-refractivity contribution is 5.38. The molecule has 0 saturated heterocycles. The maximum absolute atomic E-state index is 9.36. The summed E-state index contributed by atoms with van der Waals surface area (Å²) in [5.74, 6) is 0.815. The Hall–Kier alpha value is -1.02. The number of benzene rings is 1. The van der Waals surface area contributed by atoms with Crippen molar-refractivity contribution in [2.75, 3.05) is 6.54 Å². The molecule has 0 aromatic heterocycles. The lowest BCUT2D eigenvalue weighted by Crippen LogP contribution is -2.17. The van der Waals surface area contributed by atoms with Gasteiger partial charge >= 0.3 is 0 Å². The van der Waals surface area contributed by atoms with Crippen molar-refractivity contribution in [2.45, 2.75) is 25.2 Å². The molecule has 0 saturated carbocycles. The van der Waals surface area contributed by atoms with Crippen molar-refractivity contribution in [3.05, 3.63) is 29.3 Å². The van der Waals surface area contributed by atoms with E-state index in [0.29, 0.717) is 18.2 Å². The number of aromatic hydroxyl groups is 1. The third kappa shape index (κ3) is 1.54. The zero-order chi connectivity index (χ0) is 9.26. The predicted molar refractivity (Wildman–Crippen MR) is 52.8 cm³/mol. The summed E-state index contributed by atoms with van der Waals surface area (Å²) in [4.78, 5) is 0. The predicted octanol–water partition coefficient (Wildman–Crippen LogP) is 1.77. The second kappa shape index (κ2) is 3.38. The summed E-state index contributed by atoms with van der Waals surface area (Å²) in [5.41, 5.74) is 8.31. The topological polar surface area (TPSA) is 46.2 Å². The Balaban J connectivity index is 2.41. The normalized spacial score (nSPS) is 21.2. The number of fused-ring (bicyclic) bond motifs is 1. The molecule has 2 rings (SSSR count). The van der Waals surface area contributed by atoms with Crippen LogP contribution in [0, 0.1) is 0 Å². The minimum atomic E-state index is 0.360. The first-order valence-electron chi connectivity index (χ1n) is 4.83. The van der Waals surface area contributed by atoms with E-state index in [2.05, 4.69) is 0 Å². The number of phenols is 1. The van der Waals surface area contributed by atoms with Gasteiger partial charge in [0.1, 0.15) is 5.75 Å². The van der Waals surface area contributed by atoms with Gasteiger partial charge in [0, 0.05) is 0 Å². The van der Waals surface area contributed by atoms with Crippen LogP contribution in [0.5, 0.6) is 5.75 Å². The van der Waals surface area contributed by atoms with Crippen LogP contribution in [-0.4, -0.2) is 11.7 Å². The van der Waals surface area contributed by atoms with Gasteiger partial charge in [0.15, 0.2) is 0 Å². The number of phenolic OH excluding ortho intramolecular Hbond substituents is 1. The summed E-state index contributed by atoms with van der Waals surface area (Å²) < 4.78 is 0. The van der Waals surface area contributed by atoms with Crippen molar-refractivity contribution in [3.8, 4) is 5.75 Å². The number of hydrogen-bond donors (Lipinski definition) is 2. The summed E-state index contributed by atoms with van der Waals surface area (Å²) >= 11 is 0. The number of nitrogens with two attached hydrogens (primary N) is 1. The SMILES string of the molecule is NC[C@@H]1CCCc2ccc(O)cc21. The summed E-state index contributed by atoms with van der Waals surface area (Å²) in [7, 11) is 0. The maximum atomic E-state index is 9.36. The van der Waals surface area contributed by atoms with Crippen LogP contribution in [0.25, 0.3) is 0 Å². The smallest absolute Gasteiger partial charge is 0.115 e. The van der Waals surface area contributed by atoms with E-state index in [4.69, 9.17) is 5.73 Å². The van der Waals surface area contributed by atoms with E-state index >= 15 is 0 Å². The Labute approximate surface area is 78.4 Å². The minimum absolute atomic E-state index is 0.360. The van der Waals surface area contributed by atoms with Crippen molar-refractivity contribution in [2.24, 2.45) is 5.73 Å². The molecule has 0 unspecified atom stereocenters.